The fraction of sp³-hybridized carbons (Fsp3) is 0.500. The summed E-state index contributed by atoms with van der Waals surface area (Å²) in [5.74, 6) is 0. The van der Waals surface area contributed by atoms with Crippen LogP contribution in [0.25, 0.3) is 0 Å². The van der Waals surface area contributed by atoms with Crippen LogP contribution in [0, 0.1) is 16.7 Å². The van der Waals surface area contributed by atoms with Crippen molar-refractivity contribution in [1.82, 2.24) is 0 Å². The van der Waals surface area contributed by atoms with Gasteiger partial charge in [-0.15, -0.1) is 0 Å². The van der Waals surface area contributed by atoms with E-state index in [0.29, 0.717) is 5.56 Å². The maximum Gasteiger partial charge on any atom is 0.0991 e. The van der Waals surface area contributed by atoms with Crippen LogP contribution in [0.4, 0.5) is 5.69 Å². The van der Waals surface area contributed by atoms with E-state index in [1.807, 2.05) is 24.3 Å². The van der Waals surface area contributed by atoms with E-state index in [0.717, 1.165) is 19.5 Å². The molecule has 17 heavy (non-hydrogen) atoms. The van der Waals surface area contributed by atoms with E-state index < -0.39 is 0 Å². The van der Waals surface area contributed by atoms with Gasteiger partial charge in [-0.2, -0.15) is 5.26 Å². The first kappa shape index (κ1) is 11.9. The number of benzene rings is 1. The molecule has 1 fully saturated rings. The molecule has 2 N–H and O–H groups in total. The van der Waals surface area contributed by atoms with Crippen LogP contribution < -0.4 is 10.6 Å². The minimum atomic E-state index is 0.145. The van der Waals surface area contributed by atoms with Gasteiger partial charge in [0.2, 0.25) is 0 Å². The average Bonchev–Trinajstić information content (AvgIpc) is 2.33. The second kappa shape index (κ2) is 4.38. The van der Waals surface area contributed by atoms with Gasteiger partial charge in [-0.3, -0.25) is 0 Å². The summed E-state index contributed by atoms with van der Waals surface area (Å²) in [6, 6.07) is 10.2. The molecule has 90 valence electrons. The van der Waals surface area contributed by atoms with Gasteiger partial charge >= 0.3 is 0 Å². The number of nitrogens with two attached hydrogens (primary N) is 1. The highest BCUT2D eigenvalue weighted by Gasteiger charge is 2.33. The topological polar surface area (TPSA) is 53.0 Å². The van der Waals surface area contributed by atoms with E-state index in [-0.39, 0.29) is 11.5 Å². The first-order valence-electron chi connectivity index (χ1n) is 6.03. The molecular weight excluding hydrogens is 210 g/mol. The quantitative estimate of drug-likeness (QED) is 0.802. The Kier molecular flexibility index (Phi) is 3.08. The minimum absolute atomic E-state index is 0.145. The molecule has 1 aliphatic heterocycles. The molecule has 0 radical (unpaired) electrons. The van der Waals surface area contributed by atoms with E-state index in [4.69, 9.17) is 11.0 Å². The number of hydrogen-bond acceptors (Lipinski definition) is 3. The molecule has 0 saturated carbocycles. The third-order valence-electron chi connectivity index (χ3n) is 3.67. The summed E-state index contributed by atoms with van der Waals surface area (Å²) in [7, 11) is 0. The summed E-state index contributed by atoms with van der Waals surface area (Å²) in [6.45, 7) is 6.40. The van der Waals surface area contributed by atoms with E-state index in [9.17, 15) is 0 Å². The number of nitriles is 1. The van der Waals surface area contributed by atoms with Crippen molar-refractivity contribution in [2.45, 2.75) is 26.3 Å². The normalized spacial score (nSPS) is 23.2. The Morgan fingerprint density at radius 1 is 1.35 bits per heavy atom. The summed E-state index contributed by atoms with van der Waals surface area (Å²) in [5, 5.41) is 8.78. The molecule has 1 heterocycles. The van der Waals surface area contributed by atoms with Gasteiger partial charge in [0.25, 0.3) is 0 Å². The van der Waals surface area contributed by atoms with Crippen molar-refractivity contribution in [3.05, 3.63) is 29.8 Å². The maximum atomic E-state index is 8.78. The number of piperidine rings is 1. The third-order valence-corrected chi connectivity index (χ3v) is 3.67. The smallest absolute Gasteiger partial charge is 0.0991 e. The number of anilines is 1. The van der Waals surface area contributed by atoms with Gasteiger partial charge in [0.05, 0.1) is 11.6 Å². The van der Waals surface area contributed by atoms with Crippen molar-refractivity contribution in [2.75, 3.05) is 18.0 Å². The molecule has 0 aliphatic carbocycles. The summed E-state index contributed by atoms with van der Waals surface area (Å²) in [6.07, 6.45) is 1.02. The zero-order valence-corrected chi connectivity index (χ0v) is 10.5. The zero-order chi connectivity index (χ0) is 12.5. The van der Waals surface area contributed by atoms with Crippen molar-refractivity contribution >= 4 is 5.69 Å². The fourth-order valence-electron chi connectivity index (χ4n) is 2.34. The lowest BCUT2D eigenvalue weighted by Gasteiger charge is -2.43. The van der Waals surface area contributed by atoms with Crippen molar-refractivity contribution in [3.63, 3.8) is 0 Å². The highest BCUT2D eigenvalue weighted by atomic mass is 15.2. The van der Waals surface area contributed by atoms with Gasteiger partial charge in [-0.1, -0.05) is 13.8 Å². The summed E-state index contributed by atoms with van der Waals surface area (Å²) in [5.41, 5.74) is 8.17. The molecular formula is C14H19N3. The summed E-state index contributed by atoms with van der Waals surface area (Å²) >= 11 is 0. The Balaban J connectivity index is 2.15. The standard InChI is InChI=1S/C14H19N3/c1-14(2)10-17(8-7-13(14)16)12-5-3-11(9-15)4-6-12/h3-6,13H,7-8,10,16H2,1-2H3. The van der Waals surface area contributed by atoms with Crippen molar-refractivity contribution < 1.29 is 0 Å². The third kappa shape index (κ3) is 2.42. The Bertz CT molecular complexity index is 428. The molecule has 1 aromatic rings. The second-order valence-corrected chi connectivity index (χ2v) is 5.46. The molecule has 0 aromatic heterocycles. The van der Waals surface area contributed by atoms with Crippen molar-refractivity contribution in [3.8, 4) is 6.07 Å². The highest BCUT2D eigenvalue weighted by molar-refractivity contribution is 5.50. The summed E-state index contributed by atoms with van der Waals surface area (Å²) in [4.78, 5) is 2.35. The van der Waals surface area contributed by atoms with Crippen LogP contribution in [0.15, 0.2) is 24.3 Å². The molecule has 1 aliphatic rings. The molecule has 3 heteroatoms. The van der Waals surface area contributed by atoms with Crippen LogP contribution in [0.5, 0.6) is 0 Å². The van der Waals surface area contributed by atoms with Gasteiger partial charge in [-0.25, -0.2) is 0 Å². The van der Waals surface area contributed by atoms with Crippen LogP contribution in [0.1, 0.15) is 25.8 Å². The monoisotopic (exact) mass is 229 g/mol. The maximum absolute atomic E-state index is 8.78. The second-order valence-electron chi connectivity index (χ2n) is 5.46. The largest absolute Gasteiger partial charge is 0.371 e. The molecule has 0 spiro atoms. The molecule has 3 nitrogen and oxygen atoms in total. The Hall–Kier alpha value is -1.53. The lowest BCUT2D eigenvalue weighted by atomic mass is 9.79. The van der Waals surface area contributed by atoms with E-state index in [1.54, 1.807) is 0 Å². The van der Waals surface area contributed by atoms with Crippen LogP contribution in [0.3, 0.4) is 0 Å². The van der Waals surface area contributed by atoms with E-state index in [2.05, 4.69) is 24.8 Å². The molecule has 1 aromatic carbocycles. The first-order chi connectivity index (χ1) is 8.03. The van der Waals surface area contributed by atoms with Crippen molar-refractivity contribution in [2.24, 2.45) is 11.1 Å². The van der Waals surface area contributed by atoms with Gasteiger partial charge < -0.3 is 10.6 Å². The zero-order valence-electron chi connectivity index (χ0n) is 10.5. The molecule has 1 atom stereocenters. The van der Waals surface area contributed by atoms with Gasteiger partial charge in [-0.05, 0) is 36.1 Å². The van der Waals surface area contributed by atoms with Gasteiger partial charge in [0.15, 0.2) is 0 Å². The fourth-order valence-corrected chi connectivity index (χ4v) is 2.34. The van der Waals surface area contributed by atoms with Crippen LogP contribution >= 0.6 is 0 Å². The lowest BCUT2D eigenvalue weighted by molar-refractivity contribution is 0.245. The van der Waals surface area contributed by atoms with Crippen LogP contribution in [-0.2, 0) is 0 Å². The molecule has 1 unspecified atom stereocenters. The van der Waals surface area contributed by atoms with E-state index >= 15 is 0 Å². The molecule has 1 saturated heterocycles. The Morgan fingerprint density at radius 2 is 2.00 bits per heavy atom. The van der Waals surface area contributed by atoms with Gasteiger partial charge in [0, 0.05) is 24.8 Å². The Labute approximate surface area is 103 Å². The van der Waals surface area contributed by atoms with Crippen LogP contribution in [-0.4, -0.2) is 19.1 Å². The SMILES string of the molecule is CC1(C)CN(c2ccc(C#N)cc2)CCC1N. The number of rotatable bonds is 1. The number of nitrogens with zero attached hydrogens (tertiary/aromatic N) is 2. The minimum Gasteiger partial charge on any atom is -0.371 e. The molecule has 0 amide bonds. The van der Waals surface area contributed by atoms with E-state index in [1.165, 1.54) is 5.69 Å². The predicted molar refractivity (Wildman–Crippen MR) is 69.7 cm³/mol. The number of hydrogen-bond donors (Lipinski definition) is 1. The molecule has 2 rings (SSSR count). The molecule has 0 bridgehead atoms. The summed E-state index contributed by atoms with van der Waals surface area (Å²) < 4.78 is 0. The highest BCUT2D eigenvalue weighted by Crippen LogP contribution is 2.30. The van der Waals surface area contributed by atoms with Gasteiger partial charge in [0.1, 0.15) is 0 Å². The van der Waals surface area contributed by atoms with Crippen molar-refractivity contribution in [1.29, 1.82) is 5.26 Å². The first-order valence-corrected chi connectivity index (χ1v) is 6.03. The average molecular weight is 229 g/mol. The Morgan fingerprint density at radius 3 is 2.53 bits per heavy atom. The van der Waals surface area contributed by atoms with Crippen LogP contribution in [0.2, 0.25) is 0 Å². The lowest BCUT2D eigenvalue weighted by Crippen LogP contribution is -2.52. The predicted octanol–water partition coefficient (Wildman–Crippen LogP) is 2.12.